The third-order valence-electron chi connectivity index (χ3n) is 4.80. The summed E-state index contributed by atoms with van der Waals surface area (Å²) in [7, 11) is 0. The molecule has 0 N–H and O–H groups in total. The molecule has 3 heterocycles. The zero-order valence-corrected chi connectivity index (χ0v) is 15.2. The first-order valence-electron chi connectivity index (χ1n) is 8.64. The molecule has 0 saturated heterocycles. The predicted octanol–water partition coefficient (Wildman–Crippen LogP) is 2.93. The summed E-state index contributed by atoms with van der Waals surface area (Å²) in [5.74, 6) is -0.498. The fraction of sp³-hybridized carbons (Fsp3) is 0.333. The Morgan fingerprint density at radius 2 is 2.19 bits per heavy atom. The van der Waals surface area contributed by atoms with Gasteiger partial charge in [-0.1, -0.05) is 0 Å². The molecule has 1 amide bonds. The number of nitro groups is 1. The fourth-order valence-electron chi connectivity index (χ4n) is 3.39. The number of aryl methyl sites for hydroxylation is 1. The van der Waals surface area contributed by atoms with E-state index in [0.29, 0.717) is 31.4 Å². The van der Waals surface area contributed by atoms with E-state index in [1.54, 1.807) is 11.3 Å². The van der Waals surface area contributed by atoms with Gasteiger partial charge in [0.05, 0.1) is 16.5 Å². The van der Waals surface area contributed by atoms with Crippen LogP contribution in [-0.4, -0.2) is 26.8 Å². The molecule has 0 fully saturated rings. The van der Waals surface area contributed by atoms with Crippen LogP contribution >= 0.6 is 11.3 Å². The van der Waals surface area contributed by atoms with Crippen molar-refractivity contribution in [2.24, 2.45) is 0 Å². The van der Waals surface area contributed by atoms with Crippen LogP contribution in [0.2, 0.25) is 0 Å². The number of non-ortho nitro benzene ring substituents is 1. The van der Waals surface area contributed by atoms with Crippen LogP contribution in [0, 0.1) is 10.1 Å². The molecule has 1 aromatic carbocycles. The molecule has 0 aliphatic carbocycles. The van der Waals surface area contributed by atoms with Gasteiger partial charge in [0.25, 0.3) is 5.69 Å². The number of thiophene rings is 1. The Hall–Kier alpha value is -2.94. The van der Waals surface area contributed by atoms with Gasteiger partial charge in [0.2, 0.25) is 5.91 Å². The van der Waals surface area contributed by atoms with Gasteiger partial charge in [-0.05, 0) is 35.9 Å². The Balaban J connectivity index is 1.40. The minimum atomic E-state index is -0.571. The summed E-state index contributed by atoms with van der Waals surface area (Å²) in [6.45, 7) is 1.70. The number of nitro benzene ring substituents is 1. The Morgan fingerprint density at radius 3 is 3.00 bits per heavy atom. The van der Waals surface area contributed by atoms with E-state index in [-0.39, 0.29) is 17.2 Å². The highest BCUT2D eigenvalue weighted by molar-refractivity contribution is 7.10. The molecule has 27 heavy (non-hydrogen) atoms. The van der Waals surface area contributed by atoms with Gasteiger partial charge >= 0.3 is 5.76 Å². The topological polar surface area (TPSA) is 98.6 Å². The van der Waals surface area contributed by atoms with Crippen LogP contribution in [0.3, 0.4) is 0 Å². The molecular formula is C18H17N3O5S. The van der Waals surface area contributed by atoms with Crippen LogP contribution in [0.15, 0.2) is 38.9 Å². The number of carbonyl (C=O) groups is 1. The molecule has 4 rings (SSSR count). The van der Waals surface area contributed by atoms with Crippen molar-refractivity contribution >= 4 is 34.0 Å². The molecule has 3 aromatic rings. The Morgan fingerprint density at radius 1 is 1.33 bits per heavy atom. The normalized spacial score (nSPS) is 13.7. The van der Waals surface area contributed by atoms with Crippen LogP contribution in [0.1, 0.15) is 23.3 Å². The monoisotopic (exact) mass is 387 g/mol. The van der Waals surface area contributed by atoms with Gasteiger partial charge in [0.15, 0.2) is 5.58 Å². The second kappa shape index (κ2) is 6.99. The van der Waals surface area contributed by atoms with E-state index in [4.69, 9.17) is 4.42 Å². The molecule has 0 bridgehead atoms. The first kappa shape index (κ1) is 17.5. The molecule has 140 valence electrons. The van der Waals surface area contributed by atoms with Crippen LogP contribution < -0.4 is 5.76 Å². The van der Waals surface area contributed by atoms with Gasteiger partial charge in [0, 0.05) is 37.0 Å². The van der Waals surface area contributed by atoms with Crippen molar-refractivity contribution in [3.8, 4) is 0 Å². The summed E-state index contributed by atoms with van der Waals surface area (Å²) in [5, 5.41) is 12.9. The summed E-state index contributed by atoms with van der Waals surface area (Å²) < 4.78 is 6.52. The summed E-state index contributed by atoms with van der Waals surface area (Å²) >= 11 is 1.73. The van der Waals surface area contributed by atoms with E-state index < -0.39 is 10.7 Å². The quantitative estimate of drug-likeness (QED) is 0.495. The number of fused-ring (bicyclic) bond motifs is 2. The van der Waals surface area contributed by atoms with Crippen LogP contribution in [0.5, 0.6) is 0 Å². The lowest BCUT2D eigenvalue weighted by Gasteiger charge is -2.27. The maximum Gasteiger partial charge on any atom is 0.419 e. The third kappa shape index (κ3) is 3.37. The third-order valence-corrected chi connectivity index (χ3v) is 5.82. The van der Waals surface area contributed by atoms with E-state index in [0.717, 1.165) is 13.0 Å². The maximum absolute atomic E-state index is 12.5. The number of amides is 1. The second-order valence-corrected chi connectivity index (χ2v) is 7.47. The van der Waals surface area contributed by atoms with Crippen molar-refractivity contribution in [1.29, 1.82) is 0 Å². The second-order valence-electron chi connectivity index (χ2n) is 6.47. The van der Waals surface area contributed by atoms with Crippen LogP contribution in [0.25, 0.3) is 11.1 Å². The minimum absolute atomic E-state index is 0.0725. The standard InChI is InChI=1S/C18H17N3O5S/c22-17(19-8-5-16-12(11-19)6-9-27-16)2-1-7-20-14-4-3-13(21(24)25)10-15(14)26-18(20)23/h3-4,6,9-10H,1-2,5,7-8,11H2. The van der Waals surface area contributed by atoms with Crippen molar-refractivity contribution in [2.75, 3.05) is 6.54 Å². The zero-order valence-electron chi connectivity index (χ0n) is 14.4. The molecule has 0 radical (unpaired) electrons. The van der Waals surface area contributed by atoms with Gasteiger partial charge in [-0.25, -0.2) is 4.79 Å². The highest BCUT2D eigenvalue weighted by Gasteiger charge is 2.21. The lowest BCUT2D eigenvalue weighted by atomic mass is 10.1. The first-order chi connectivity index (χ1) is 13.0. The minimum Gasteiger partial charge on any atom is -0.407 e. The molecular weight excluding hydrogens is 370 g/mol. The number of carbonyl (C=O) groups excluding carboxylic acids is 1. The predicted molar refractivity (Wildman–Crippen MR) is 99.8 cm³/mol. The van der Waals surface area contributed by atoms with Gasteiger partial charge in [-0.2, -0.15) is 0 Å². The Bertz CT molecular complexity index is 1080. The number of rotatable bonds is 5. The molecule has 2 aromatic heterocycles. The number of hydrogen-bond donors (Lipinski definition) is 0. The van der Waals surface area contributed by atoms with E-state index in [2.05, 4.69) is 11.4 Å². The average molecular weight is 387 g/mol. The molecule has 1 aliphatic rings. The number of oxazole rings is 1. The summed E-state index contributed by atoms with van der Waals surface area (Å²) in [4.78, 5) is 38.0. The van der Waals surface area contributed by atoms with Gasteiger partial charge in [-0.15, -0.1) is 11.3 Å². The SMILES string of the molecule is O=C(CCCn1c(=O)oc2cc([N+](=O)[O-])ccc21)N1CCc2sccc2C1. The molecule has 0 spiro atoms. The highest BCUT2D eigenvalue weighted by Crippen LogP contribution is 2.25. The zero-order chi connectivity index (χ0) is 19.0. The number of nitrogens with zero attached hydrogens (tertiary/aromatic N) is 3. The first-order valence-corrected chi connectivity index (χ1v) is 9.51. The number of benzene rings is 1. The van der Waals surface area contributed by atoms with Crippen molar-refractivity contribution in [3.05, 3.63) is 60.8 Å². The average Bonchev–Trinajstić information content (AvgIpc) is 3.24. The maximum atomic E-state index is 12.5. The van der Waals surface area contributed by atoms with E-state index in [1.165, 1.54) is 33.2 Å². The van der Waals surface area contributed by atoms with Crippen molar-refractivity contribution in [2.45, 2.75) is 32.4 Å². The summed E-state index contributed by atoms with van der Waals surface area (Å²) in [5.41, 5.74) is 1.77. The summed E-state index contributed by atoms with van der Waals surface area (Å²) in [6.07, 6.45) is 1.73. The van der Waals surface area contributed by atoms with Crippen LogP contribution in [-0.2, 0) is 24.3 Å². The van der Waals surface area contributed by atoms with Crippen molar-refractivity contribution < 1.29 is 14.1 Å². The molecule has 0 saturated carbocycles. The number of hydrogen-bond acceptors (Lipinski definition) is 6. The molecule has 1 aliphatic heterocycles. The largest absolute Gasteiger partial charge is 0.419 e. The van der Waals surface area contributed by atoms with Gasteiger partial charge < -0.3 is 9.32 Å². The lowest BCUT2D eigenvalue weighted by molar-refractivity contribution is -0.384. The molecule has 9 heteroatoms. The Kier molecular flexibility index (Phi) is 4.53. The molecule has 0 unspecified atom stereocenters. The van der Waals surface area contributed by atoms with Crippen molar-refractivity contribution in [3.63, 3.8) is 0 Å². The lowest BCUT2D eigenvalue weighted by Crippen LogP contribution is -2.35. The fourth-order valence-corrected chi connectivity index (χ4v) is 4.28. The van der Waals surface area contributed by atoms with Crippen molar-refractivity contribution in [1.82, 2.24) is 9.47 Å². The van der Waals surface area contributed by atoms with E-state index >= 15 is 0 Å². The molecule has 8 nitrogen and oxygen atoms in total. The smallest absolute Gasteiger partial charge is 0.407 e. The van der Waals surface area contributed by atoms with E-state index in [9.17, 15) is 19.7 Å². The number of aromatic nitrogens is 1. The van der Waals surface area contributed by atoms with Crippen LogP contribution in [0.4, 0.5) is 5.69 Å². The molecule has 0 atom stereocenters. The Labute approximate surface area is 157 Å². The van der Waals surface area contributed by atoms with Gasteiger partial charge in [0.1, 0.15) is 0 Å². The highest BCUT2D eigenvalue weighted by atomic mass is 32.1. The van der Waals surface area contributed by atoms with E-state index in [1.807, 2.05) is 4.90 Å². The van der Waals surface area contributed by atoms with Gasteiger partial charge in [-0.3, -0.25) is 19.5 Å². The summed E-state index contributed by atoms with van der Waals surface area (Å²) in [6, 6.07) is 6.15.